The minimum absolute atomic E-state index is 1.10. The van der Waals surface area contributed by atoms with Crippen molar-refractivity contribution in [2.24, 2.45) is 0 Å². The summed E-state index contributed by atoms with van der Waals surface area (Å²) in [6, 6.07) is 0. The van der Waals surface area contributed by atoms with E-state index in [2.05, 4.69) is 37.1 Å². The predicted molar refractivity (Wildman–Crippen MR) is 49.6 cm³/mol. The normalized spacial score (nSPS) is 17.2. The van der Waals surface area contributed by atoms with E-state index < -0.39 is 0 Å². The van der Waals surface area contributed by atoms with Crippen LogP contribution in [0.25, 0.3) is 0 Å². The van der Waals surface area contributed by atoms with Crippen LogP contribution < -0.4 is 0 Å². The molecule has 1 aliphatic carbocycles. The fourth-order valence-corrected chi connectivity index (χ4v) is 1.21. The molecular formula is C10H17N. The van der Waals surface area contributed by atoms with Gasteiger partial charge in [-0.15, -0.1) is 0 Å². The molecule has 0 saturated heterocycles. The van der Waals surface area contributed by atoms with Gasteiger partial charge in [0, 0.05) is 6.54 Å². The molecule has 0 aliphatic heterocycles. The van der Waals surface area contributed by atoms with Crippen molar-refractivity contribution in [1.29, 1.82) is 0 Å². The summed E-state index contributed by atoms with van der Waals surface area (Å²) < 4.78 is 0. The van der Waals surface area contributed by atoms with Crippen molar-refractivity contribution in [3.8, 4) is 0 Å². The van der Waals surface area contributed by atoms with E-state index in [1.807, 2.05) is 0 Å². The summed E-state index contributed by atoms with van der Waals surface area (Å²) in [6.45, 7) is 4.42. The smallest absolute Gasteiger partial charge is 0.0227 e. The quantitative estimate of drug-likeness (QED) is 0.598. The first-order valence-electron chi connectivity index (χ1n) is 4.37. The minimum atomic E-state index is 1.10. The van der Waals surface area contributed by atoms with Crippen LogP contribution in [-0.4, -0.2) is 25.0 Å². The van der Waals surface area contributed by atoms with Crippen molar-refractivity contribution in [2.75, 3.05) is 20.1 Å². The average Bonchev–Trinajstić information content (AvgIpc) is 2.06. The van der Waals surface area contributed by atoms with Crippen LogP contribution >= 0.6 is 0 Å². The third kappa shape index (κ3) is 2.89. The summed E-state index contributed by atoms with van der Waals surface area (Å²) >= 11 is 0. The minimum Gasteiger partial charge on any atom is -0.302 e. The molecule has 1 rings (SSSR count). The molecule has 0 heterocycles. The van der Waals surface area contributed by atoms with Crippen molar-refractivity contribution in [3.63, 3.8) is 0 Å². The highest BCUT2D eigenvalue weighted by Crippen LogP contribution is 2.09. The molecule has 11 heavy (non-hydrogen) atoms. The van der Waals surface area contributed by atoms with Crippen LogP contribution in [0.4, 0.5) is 0 Å². The SMILES string of the molecule is CCN(C)CC1=CCCC=C1. The van der Waals surface area contributed by atoms with Gasteiger partial charge in [-0.3, -0.25) is 0 Å². The Balaban J connectivity index is 2.36. The van der Waals surface area contributed by atoms with Gasteiger partial charge in [-0.05, 0) is 32.0 Å². The maximum Gasteiger partial charge on any atom is 0.0227 e. The topological polar surface area (TPSA) is 3.24 Å². The molecule has 0 aromatic heterocycles. The highest BCUT2D eigenvalue weighted by molar-refractivity contribution is 5.23. The van der Waals surface area contributed by atoms with Gasteiger partial charge < -0.3 is 4.90 Å². The lowest BCUT2D eigenvalue weighted by Gasteiger charge is -2.15. The maximum absolute atomic E-state index is 2.34. The molecule has 0 saturated carbocycles. The summed E-state index contributed by atoms with van der Waals surface area (Å²) in [4.78, 5) is 2.32. The van der Waals surface area contributed by atoms with Gasteiger partial charge >= 0.3 is 0 Å². The van der Waals surface area contributed by atoms with Gasteiger partial charge in [0.05, 0.1) is 0 Å². The fourth-order valence-electron chi connectivity index (χ4n) is 1.21. The standard InChI is InChI=1S/C10H17N/c1-3-11(2)9-10-7-5-4-6-8-10/h5,7-8H,3-4,6,9H2,1-2H3. The monoisotopic (exact) mass is 151 g/mol. The maximum atomic E-state index is 2.34. The molecule has 0 N–H and O–H groups in total. The molecule has 0 spiro atoms. The Hall–Kier alpha value is -0.560. The Kier molecular flexibility index (Phi) is 3.37. The average molecular weight is 151 g/mol. The number of hydrogen-bond donors (Lipinski definition) is 0. The Bertz CT molecular complexity index is 168. The largest absolute Gasteiger partial charge is 0.302 e. The first-order valence-corrected chi connectivity index (χ1v) is 4.37. The third-order valence-corrected chi connectivity index (χ3v) is 2.06. The highest BCUT2D eigenvalue weighted by Gasteiger charge is 1.99. The number of allylic oxidation sites excluding steroid dienone is 2. The van der Waals surface area contributed by atoms with E-state index >= 15 is 0 Å². The van der Waals surface area contributed by atoms with Crippen molar-refractivity contribution in [1.82, 2.24) is 4.90 Å². The van der Waals surface area contributed by atoms with Gasteiger partial charge in [0.15, 0.2) is 0 Å². The van der Waals surface area contributed by atoms with Crippen LogP contribution in [0.2, 0.25) is 0 Å². The first kappa shape index (κ1) is 8.54. The van der Waals surface area contributed by atoms with E-state index in [1.54, 1.807) is 0 Å². The van der Waals surface area contributed by atoms with Gasteiger partial charge in [-0.25, -0.2) is 0 Å². The molecule has 1 aliphatic rings. The zero-order chi connectivity index (χ0) is 8.10. The van der Waals surface area contributed by atoms with Crippen molar-refractivity contribution < 1.29 is 0 Å². The second kappa shape index (κ2) is 4.35. The summed E-state index contributed by atoms with van der Waals surface area (Å²) in [7, 11) is 2.16. The third-order valence-electron chi connectivity index (χ3n) is 2.06. The highest BCUT2D eigenvalue weighted by atomic mass is 15.1. The van der Waals surface area contributed by atoms with Crippen LogP contribution in [0.1, 0.15) is 19.8 Å². The molecule has 0 atom stereocenters. The van der Waals surface area contributed by atoms with Gasteiger partial charge in [-0.1, -0.05) is 25.2 Å². The molecule has 0 bridgehead atoms. The molecule has 0 amide bonds. The van der Waals surface area contributed by atoms with Gasteiger partial charge in [-0.2, -0.15) is 0 Å². The van der Waals surface area contributed by atoms with Crippen molar-refractivity contribution >= 4 is 0 Å². The van der Waals surface area contributed by atoms with Gasteiger partial charge in [0.25, 0.3) is 0 Å². The van der Waals surface area contributed by atoms with Gasteiger partial charge in [0.2, 0.25) is 0 Å². The number of rotatable bonds is 3. The van der Waals surface area contributed by atoms with Crippen molar-refractivity contribution in [2.45, 2.75) is 19.8 Å². The molecule has 0 radical (unpaired) electrons. The van der Waals surface area contributed by atoms with E-state index in [4.69, 9.17) is 0 Å². The molecule has 62 valence electrons. The van der Waals surface area contributed by atoms with E-state index in [-0.39, 0.29) is 0 Å². The lowest BCUT2D eigenvalue weighted by Crippen LogP contribution is -2.20. The molecule has 1 heteroatoms. The summed E-state index contributed by atoms with van der Waals surface area (Å²) in [6.07, 6.45) is 9.30. The zero-order valence-electron chi connectivity index (χ0n) is 7.51. The summed E-state index contributed by atoms with van der Waals surface area (Å²) in [5.74, 6) is 0. The predicted octanol–water partition coefficient (Wildman–Crippen LogP) is 2.21. The molecule has 1 nitrogen and oxygen atoms in total. The lowest BCUT2D eigenvalue weighted by molar-refractivity contribution is 0.385. The van der Waals surface area contributed by atoms with Crippen LogP contribution in [0.5, 0.6) is 0 Å². The molecule has 0 aromatic carbocycles. The zero-order valence-corrected chi connectivity index (χ0v) is 7.51. The second-order valence-corrected chi connectivity index (χ2v) is 3.09. The summed E-state index contributed by atoms with van der Waals surface area (Å²) in [5, 5.41) is 0. The van der Waals surface area contributed by atoms with E-state index in [0.717, 1.165) is 13.1 Å². The Morgan fingerprint density at radius 2 is 2.27 bits per heavy atom. The van der Waals surface area contributed by atoms with E-state index in [1.165, 1.54) is 18.4 Å². The number of hydrogen-bond acceptors (Lipinski definition) is 1. The number of nitrogens with zero attached hydrogens (tertiary/aromatic N) is 1. The molecule has 0 fully saturated rings. The van der Waals surface area contributed by atoms with Crippen LogP contribution in [0.3, 0.4) is 0 Å². The van der Waals surface area contributed by atoms with Crippen LogP contribution in [-0.2, 0) is 0 Å². The van der Waals surface area contributed by atoms with Gasteiger partial charge in [0.1, 0.15) is 0 Å². The first-order chi connectivity index (χ1) is 5.33. The number of likely N-dealkylation sites (N-methyl/N-ethyl adjacent to an activating group) is 1. The molecule has 0 unspecified atom stereocenters. The van der Waals surface area contributed by atoms with E-state index in [9.17, 15) is 0 Å². The molecule has 0 aromatic rings. The lowest BCUT2D eigenvalue weighted by atomic mass is 10.1. The molecular weight excluding hydrogens is 134 g/mol. The van der Waals surface area contributed by atoms with Crippen LogP contribution in [0.15, 0.2) is 23.8 Å². The van der Waals surface area contributed by atoms with E-state index in [0.29, 0.717) is 0 Å². The van der Waals surface area contributed by atoms with Crippen molar-refractivity contribution in [3.05, 3.63) is 23.8 Å². The van der Waals surface area contributed by atoms with Crippen LogP contribution in [0, 0.1) is 0 Å². The Morgan fingerprint density at radius 3 is 2.82 bits per heavy atom. The summed E-state index contributed by atoms with van der Waals surface area (Å²) in [5.41, 5.74) is 1.47. The second-order valence-electron chi connectivity index (χ2n) is 3.09. The Labute approximate surface area is 69.4 Å². The Morgan fingerprint density at radius 1 is 1.45 bits per heavy atom. The fraction of sp³-hybridized carbons (Fsp3) is 0.600.